The van der Waals surface area contributed by atoms with Crippen molar-refractivity contribution in [3.05, 3.63) is 77.6 Å². The van der Waals surface area contributed by atoms with Crippen LogP contribution in [-0.4, -0.2) is 53.4 Å². The molecule has 1 atom stereocenters. The second kappa shape index (κ2) is 10.2. The Hall–Kier alpha value is -3.78. The lowest BCUT2D eigenvalue weighted by Gasteiger charge is -2.16. The highest BCUT2D eigenvalue weighted by molar-refractivity contribution is 5.97. The lowest BCUT2D eigenvalue weighted by Crippen LogP contribution is -2.31. The molecule has 4 N–H and O–H groups in total. The maximum atomic E-state index is 12.8. The Labute approximate surface area is 193 Å². The van der Waals surface area contributed by atoms with Crippen molar-refractivity contribution in [2.24, 2.45) is 5.92 Å². The van der Waals surface area contributed by atoms with E-state index in [1.807, 2.05) is 12.1 Å². The van der Waals surface area contributed by atoms with E-state index >= 15 is 0 Å². The average Bonchev–Trinajstić information content (AvgIpc) is 3.30. The van der Waals surface area contributed by atoms with E-state index < -0.39 is 5.91 Å². The number of nitrogens with one attached hydrogen (secondary N) is 2. The third kappa shape index (κ3) is 5.53. The zero-order chi connectivity index (χ0) is 23.2. The molecular weight excluding hydrogens is 416 g/mol. The highest BCUT2D eigenvalue weighted by Crippen LogP contribution is 2.21. The summed E-state index contributed by atoms with van der Waals surface area (Å²) >= 11 is 0. The minimum absolute atomic E-state index is 0.0601. The number of hydrogen-bond acceptors (Lipinski definition) is 6. The maximum absolute atomic E-state index is 12.8. The van der Waals surface area contributed by atoms with Crippen LogP contribution in [0.3, 0.4) is 0 Å². The largest absolute Gasteiger partial charge is 0.382 e. The van der Waals surface area contributed by atoms with Gasteiger partial charge >= 0.3 is 0 Å². The summed E-state index contributed by atoms with van der Waals surface area (Å²) < 4.78 is 0. The zero-order valence-corrected chi connectivity index (χ0v) is 18.6. The van der Waals surface area contributed by atoms with Gasteiger partial charge in [-0.15, -0.1) is 0 Å². The fourth-order valence-corrected chi connectivity index (χ4v) is 4.05. The lowest BCUT2D eigenvalue weighted by atomic mass is 10.1. The van der Waals surface area contributed by atoms with E-state index in [0.29, 0.717) is 29.3 Å². The molecule has 33 heavy (non-hydrogen) atoms. The summed E-state index contributed by atoms with van der Waals surface area (Å²) in [7, 11) is 1.51. The fraction of sp³-hybridized carbons (Fsp3) is 0.280. The SMILES string of the molecule is CNC(=O)c1nc(-c2cccc(C(=O)NCC3CCN(Cc4ccccc4)C3)c2)cnc1N. The van der Waals surface area contributed by atoms with Gasteiger partial charge in [0.25, 0.3) is 11.8 Å². The Kier molecular flexibility index (Phi) is 6.95. The summed E-state index contributed by atoms with van der Waals surface area (Å²) in [5.74, 6) is -0.0503. The van der Waals surface area contributed by atoms with E-state index in [1.165, 1.54) is 18.8 Å². The van der Waals surface area contributed by atoms with Crippen LogP contribution >= 0.6 is 0 Å². The molecule has 1 saturated heterocycles. The van der Waals surface area contributed by atoms with Crippen molar-refractivity contribution in [2.45, 2.75) is 13.0 Å². The average molecular weight is 445 g/mol. The number of hydrogen-bond donors (Lipinski definition) is 3. The first-order valence-electron chi connectivity index (χ1n) is 11.0. The first kappa shape index (κ1) is 22.4. The standard InChI is InChI=1S/C25H28N6O2/c1-27-25(33)22-23(26)28-14-21(30-22)19-8-5-9-20(12-19)24(32)29-13-18-10-11-31(16-18)15-17-6-3-2-4-7-17/h2-9,12,14,18H,10-11,13,15-16H2,1H3,(H2,26,28)(H,27,33)(H,29,32). The van der Waals surface area contributed by atoms with Gasteiger partial charge < -0.3 is 16.4 Å². The number of carbonyl (C=O) groups is 2. The van der Waals surface area contributed by atoms with Crippen molar-refractivity contribution in [1.29, 1.82) is 0 Å². The van der Waals surface area contributed by atoms with Gasteiger partial charge in [-0.1, -0.05) is 42.5 Å². The number of amides is 2. The summed E-state index contributed by atoms with van der Waals surface area (Å²) in [5.41, 5.74) is 8.84. The predicted molar refractivity (Wildman–Crippen MR) is 127 cm³/mol. The van der Waals surface area contributed by atoms with Crippen LogP contribution in [0.4, 0.5) is 5.82 Å². The fourth-order valence-electron chi connectivity index (χ4n) is 4.05. The van der Waals surface area contributed by atoms with E-state index in [-0.39, 0.29) is 17.4 Å². The molecule has 1 aromatic heterocycles. The van der Waals surface area contributed by atoms with Crippen LogP contribution in [0.2, 0.25) is 0 Å². The molecule has 170 valence electrons. The Morgan fingerprint density at radius 3 is 2.73 bits per heavy atom. The molecule has 2 amide bonds. The van der Waals surface area contributed by atoms with Gasteiger partial charge in [0.1, 0.15) is 0 Å². The maximum Gasteiger partial charge on any atom is 0.273 e. The van der Waals surface area contributed by atoms with Crippen LogP contribution in [0.15, 0.2) is 60.8 Å². The predicted octanol–water partition coefficient (Wildman–Crippen LogP) is 2.34. The number of nitrogens with zero attached hydrogens (tertiary/aromatic N) is 3. The molecule has 4 rings (SSSR count). The summed E-state index contributed by atoms with van der Waals surface area (Å²) in [6.07, 6.45) is 2.56. The van der Waals surface area contributed by atoms with E-state index in [4.69, 9.17) is 5.73 Å². The number of benzene rings is 2. The van der Waals surface area contributed by atoms with Crippen LogP contribution in [-0.2, 0) is 6.54 Å². The number of aromatic nitrogens is 2. The Bertz CT molecular complexity index is 1130. The smallest absolute Gasteiger partial charge is 0.273 e. The zero-order valence-electron chi connectivity index (χ0n) is 18.6. The van der Waals surface area contributed by atoms with Crippen LogP contribution in [0.5, 0.6) is 0 Å². The normalized spacial score (nSPS) is 15.8. The van der Waals surface area contributed by atoms with Crippen LogP contribution < -0.4 is 16.4 Å². The van der Waals surface area contributed by atoms with E-state index in [2.05, 4.69) is 49.8 Å². The third-order valence-corrected chi connectivity index (χ3v) is 5.83. The van der Waals surface area contributed by atoms with Crippen molar-refractivity contribution in [3.8, 4) is 11.3 Å². The molecule has 0 saturated carbocycles. The van der Waals surface area contributed by atoms with Gasteiger partial charge in [0.2, 0.25) is 0 Å². The summed E-state index contributed by atoms with van der Waals surface area (Å²) in [6, 6.07) is 17.6. The third-order valence-electron chi connectivity index (χ3n) is 5.83. The summed E-state index contributed by atoms with van der Waals surface area (Å²) in [6.45, 7) is 3.58. The van der Waals surface area contributed by atoms with Gasteiger partial charge in [0.15, 0.2) is 11.5 Å². The lowest BCUT2D eigenvalue weighted by molar-refractivity contribution is 0.0943. The molecule has 1 aliphatic heterocycles. The van der Waals surface area contributed by atoms with Crippen molar-refractivity contribution in [2.75, 3.05) is 32.4 Å². The van der Waals surface area contributed by atoms with Gasteiger partial charge in [-0.05, 0) is 36.6 Å². The van der Waals surface area contributed by atoms with Crippen LogP contribution in [0.25, 0.3) is 11.3 Å². The molecule has 8 nitrogen and oxygen atoms in total. The van der Waals surface area contributed by atoms with Crippen LogP contribution in [0, 0.1) is 5.92 Å². The molecule has 1 unspecified atom stereocenters. The first-order valence-corrected chi connectivity index (χ1v) is 11.0. The van der Waals surface area contributed by atoms with Crippen molar-refractivity contribution in [1.82, 2.24) is 25.5 Å². The van der Waals surface area contributed by atoms with Crippen molar-refractivity contribution < 1.29 is 9.59 Å². The Balaban J connectivity index is 1.36. The second-order valence-electron chi connectivity index (χ2n) is 8.23. The Morgan fingerprint density at radius 2 is 1.94 bits per heavy atom. The first-order chi connectivity index (χ1) is 16.0. The van der Waals surface area contributed by atoms with E-state index in [0.717, 1.165) is 26.1 Å². The molecule has 0 aliphatic carbocycles. The molecule has 1 fully saturated rings. The highest BCUT2D eigenvalue weighted by atomic mass is 16.2. The van der Waals surface area contributed by atoms with Gasteiger partial charge in [0, 0.05) is 37.8 Å². The topological polar surface area (TPSA) is 113 Å². The minimum atomic E-state index is -0.409. The molecule has 2 heterocycles. The molecule has 2 aromatic carbocycles. The monoisotopic (exact) mass is 444 g/mol. The van der Waals surface area contributed by atoms with Crippen molar-refractivity contribution in [3.63, 3.8) is 0 Å². The number of nitrogens with two attached hydrogens (primary N) is 1. The molecule has 0 bridgehead atoms. The van der Waals surface area contributed by atoms with Gasteiger partial charge in [-0.3, -0.25) is 14.5 Å². The van der Waals surface area contributed by atoms with Crippen LogP contribution in [0.1, 0.15) is 32.8 Å². The summed E-state index contributed by atoms with van der Waals surface area (Å²) in [5, 5.41) is 5.57. The minimum Gasteiger partial charge on any atom is -0.382 e. The highest BCUT2D eigenvalue weighted by Gasteiger charge is 2.23. The molecule has 0 spiro atoms. The number of likely N-dealkylation sites (tertiary alicyclic amines) is 1. The number of carbonyl (C=O) groups excluding carboxylic acids is 2. The molecular formula is C25H28N6O2. The van der Waals surface area contributed by atoms with Crippen molar-refractivity contribution >= 4 is 17.6 Å². The quantitative estimate of drug-likeness (QED) is 0.516. The molecule has 8 heteroatoms. The second-order valence-corrected chi connectivity index (χ2v) is 8.23. The number of nitrogen functional groups attached to an aromatic ring is 1. The molecule has 0 radical (unpaired) electrons. The van der Waals surface area contributed by atoms with Gasteiger partial charge in [-0.2, -0.15) is 0 Å². The van der Waals surface area contributed by atoms with E-state index in [9.17, 15) is 9.59 Å². The van der Waals surface area contributed by atoms with Gasteiger partial charge in [-0.25, -0.2) is 9.97 Å². The summed E-state index contributed by atoms with van der Waals surface area (Å²) in [4.78, 5) is 35.6. The number of anilines is 1. The number of rotatable bonds is 7. The van der Waals surface area contributed by atoms with E-state index in [1.54, 1.807) is 18.2 Å². The Morgan fingerprint density at radius 1 is 1.12 bits per heavy atom. The molecule has 1 aliphatic rings. The molecule has 3 aromatic rings. The van der Waals surface area contributed by atoms with Gasteiger partial charge in [0.05, 0.1) is 11.9 Å².